The third-order valence-corrected chi connectivity index (χ3v) is 5.54. The molecule has 0 spiro atoms. The van der Waals surface area contributed by atoms with Gasteiger partial charge in [-0.05, 0) is 42.5 Å². The number of halogens is 2. The molecular formula is C22H15ClFN3O2S. The number of carbonyl (C=O) groups is 1. The van der Waals surface area contributed by atoms with Gasteiger partial charge in [0.2, 0.25) is 5.91 Å². The lowest BCUT2D eigenvalue weighted by atomic mass is 10.2. The van der Waals surface area contributed by atoms with E-state index in [0.29, 0.717) is 32.5 Å². The van der Waals surface area contributed by atoms with E-state index >= 15 is 0 Å². The number of benzene rings is 3. The second kappa shape index (κ2) is 8.69. The molecule has 0 aliphatic heterocycles. The highest BCUT2D eigenvalue weighted by molar-refractivity contribution is 7.99. The second-order valence-corrected chi connectivity index (χ2v) is 7.70. The van der Waals surface area contributed by atoms with Gasteiger partial charge < -0.3 is 5.32 Å². The van der Waals surface area contributed by atoms with E-state index in [4.69, 9.17) is 11.6 Å². The van der Waals surface area contributed by atoms with Crippen molar-refractivity contribution in [3.63, 3.8) is 0 Å². The molecule has 5 nitrogen and oxygen atoms in total. The number of anilines is 1. The first kappa shape index (κ1) is 20.1. The van der Waals surface area contributed by atoms with Crippen LogP contribution in [0, 0.1) is 5.82 Å². The lowest BCUT2D eigenvalue weighted by molar-refractivity contribution is -0.113. The quantitative estimate of drug-likeness (QED) is 0.354. The molecule has 0 unspecified atom stereocenters. The van der Waals surface area contributed by atoms with Crippen molar-refractivity contribution < 1.29 is 9.18 Å². The van der Waals surface area contributed by atoms with Gasteiger partial charge in [0, 0.05) is 5.69 Å². The number of rotatable bonds is 5. The van der Waals surface area contributed by atoms with E-state index in [1.54, 1.807) is 54.6 Å². The number of nitrogens with zero attached hydrogens (tertiary/aromatic N) is 2. The summed E-state index contributed by atoms with van der Waals surface area (Å²) in [5, 5.41) is 3.81. The van der Waals surface area contributed by atoms with E-state index in [1.165, 1.54) is 22.8 Å². The second-order valence-electron chi connectivity index (χ2n) is 6.35. The van der Waals surface area contributed by atoms with Crippen molar-refractivity contribution in [3.05, 3.63) is 94.0 Å². The molecule has 30 heavy (non-hydrogen) atoms. The summed E-state index contributed by atoms with van der Waals surface area (Å²) in [7, 11) is 0. The van der Waals surface area contributed by atoms with Crippen LogP contribution >= 0.6 is 23.4 Å². The summed E-state index contributed by atoms with van der Waals surface area (Å²) in [6.07, 6.45) is 0. The molecule has 0 aliphatic rings. The third kappa shape index (κ3) is 4.22. The van der Waals surface area contributed by atoms with Crippen molar-refractivity contribution in [1.82, 2.24) is 9.55 Å². The molecule has 0 atom stereocenters. The molecule has 4 aromatic rings. The van der Waals surface area contributed by atoms with Gasteiger partial charge in [-0.15, -0.1) is 0 Å². The number of nitrogens with one attached hydrogen (secondary N) is 1. The molecule has 1 N–H and O–H groups in total. The number of hydrogen-bond acceptors (Lipinski definition) is 4. The van der Waals surface area contributed by atoms with Crippen LogP contribution in [-0.2, 0) is 4.79 Å². The standard InChI is InChI=1S/C22H15ClFN3O2S/c23-17-9-2-4-11-19(17)27-21(29)16-8-1-3-10-18(16)26-22(27)30-13-20(28)25-15-7-5-6-14(24)12-15/h1-12H,13H2,(H,25,28). The molecule has 1 heterocycles. The molecule has 150 valence electrons. The average Bonchev–Trinajstić information content (AvgIpc) is 2.73. The highest BCUT2D eigenvalue weighted by Crippen LogP contribution is 2.25. The number of thioether (sulfide) groups is 1. The molecule has 1 amide bonds. The number of para-hydroxylation sites is 2. The Hall–Kier alpha value is -3.16. The van der Waals surface area contributed by atoms with Crippen molar-refractivity contribution in [2.45, 2.75) is 5.16 Å². The van der Waals surface area contributed by atoms with Crippen molar-refractivity contribution in [2.24, 2.45) is 0 Å². The third-order valence-electron chi connectivity index (χ3n) is 4.28. The van der Waals surface area contributed by atoms with Crippen LogP contribution < -0.4 is 10.9 Å². The van der Waals surface area contributed by atoms with Crippen LogP contribution in [0.15, 0.2) is 82.7 Å². The van der Waals surface area contributed by atoms with Crippen LogP contribution in [0.5, 0.6) is 0 Å². The molecule has 4 rings (SSSR count). The van der Waals surface area contributed by atoms with E-state index < -0.39 is 5.82 Å². The van der Waals surface area contributed by atoms with Crippen LogP contribution in [0.3, 0.4) is 0 Å². The van der Waals surface area contributed by atoms with Crippen molar-refractivity contribution in [2.75, 3.05) is 11.1 Å². The topological polar surface area (TPSA) is 64.0 Å². The van der Waals surface area contributed by atoms with Gasteiger partial charge in [0.25, 0.3) is 5.56 Å². The Morgan fingerprint density at radius 3 is 2.63 bits per heavy atom. The first-order valence-electron chi connectivity index (χ1n) is 8.98. The Bertz CT molecular complexity index is 1310. The van der Waals surface area contributed by atoms with Crippen molar-refractivity contribution in [1.29, 1.82) is 0 Å². The minimum atomic E-state index is -0.441. The van der Waals surface area contributed by atoms with Gasteiger partial charge in [-0.2, -0.15) is 0 Å². The highest BCUT2D eigenvalue weighted by Gasteiger charge is 2.16. The maximum atomic E-state index is 13.3. The molecular weight excluding hydrogens is 425 g/mol. The fraction of sp³-hybridized carbons (Fsp3) is 0.0455. The number of amides is 1. The zero-order valence-corrected chi connectivity index (χ0v) is 17.1. The molecule has 8 heteroatoms. The number of hydrogen-bond donors (Lipinski definition) is 1. The van der Waals surface area contributed by atoms with Crippen LogP contribution in [0.25, 0.3) is 16.6 Å². The zero-order chi connectivity index (χ0) is 21.1. The molecule has 0 saturated heterocycles. The summed E-state index contributed by atoms with van der Waals surface area (Å²) in [6, 6.07) is 19.6. The Morgan fingerprint density at radius 1 is 1.07 bits per heavy atom. The predicted molar refractivity (Wildman–Crippen MR) is 118 cm³/mol. The number of aromatic nitrogens is 2. The molecule has 0 aliphatic carbocycles. The molecule has 0 saturated carbocycles. The maximum absolute atomic E-state index is 13.3. The van der Waals surface area contributed by atoms with Gasteiger partial charge in [-0.3, -0.25) is 14.2 Å². The Kier molecular flexibility index (Phi) is 5.83. The smallest absolute Gasteiger partial charge is 0.266 e. The van der Waals surface area contributed by atoms with Gasteiger partial charge >= 0.3 is 0 Å². The van der Waals surface area contributed by atoms with Gasteiger partial charge in [0.05, 0.1) is 27.4 Å². The minimum absolute atomic E-state index is 0.0221. The molecule has 3 aromatic carbocycles. The van der Waals surface area contributed by atoms with Gasteiger partial charge in [0.1, 0.15) is 5.82 Å². The molecule has 0 radical (unpaired) electrons. The molecule has 1 aromatic heterocycles. The van der Waals surface area contributed by atoms with Crippen molar-refractivity contribution in [3.8, 4) is 5.69 Å². The van der Waals surface area contributed by atoms with Gasteiger partial charge in [-0.25, -0.2) is 9.37 Å². The lowest BCUT2D eigenvalue weighted by Crippen LogP contribution is -2.23. The van der Waals surface area contributed by atoms with Crippen molar-refractivity contribution >= 4 is 45.9 Å². The summed E-state index contributed by atoms with van der Waals surface area (Å²) < 4.78 is 14.7. The minimum Gasteiger partial charge on any atom is -0.325 e. The Balaban J connectivity index is 1.69. The number of fused-ring (bicyclic) bond motifs is 1. The van der Waals surface area contributed by atoms with Crippen LogP contribution in [0.4, 0.5) is 10.1 Å². The molecule has 0 fully saturated rings. The Labute approximate surface area is 180 Å². The fourth-order valence-electron chi connectivity index (χ4n) is 2.95. The van der Waals surface area contributed by atoms with E-state index in [1.807, 2.05) is 0 Å². The van der Waals surface area contributed by atoms with E-state index in [9.17, 15) is 14.0 Å². The Morgan fingerprint density at radius 2 is 1.83 bits per heavy atom. The molecule has 0 bridgehead atoms. The van der Waals surface area contributed by atoms with Crippen LogP contribution in [0.1, 0.15) is 0 Å². The van der Waals surface area contributed by atoms with Gasteiger partial charge in [0.15, 0.2) is 5.16 Å². The summed E-state index contributed by atoms with van der Waals surface area (Å²) in [5.74, 6) is -0.811. The highest BCUT2D eigenvalue weighted by atomic mass is 35.5. The largest absolute Gasteiger partial charge is 0.325 e. The fourth-order valence-corrected chi connectivity index (χ4v) is 3.97. The first-order valence-corrected chi connectivity index (χ1v) is 10.3. The first-order chi connectivity index (χ1) is 14.5. The normalized spacial score (nSPS) is 10.9. The number of carbonyl (C=O) groups excluding carboxylic acids is 1. The van der Waals surface area contributed by atoms with E-state index in [0.717, 1.165) is 11.8 Å². The summed E-state index contributed by atoms with van der Waals surface area (Å²) >= 11 is 7.43. The monoisotopic (exact) mass is 439 g/mol. The maximum Gasteiger partial charge on any atom is 0.266 e. The van der Waals surface area contributed by atoms with Crippen LogP contribution in [-0.4, -0.2) is 21.2 Å². The summed E-state index contributed by atoms with van der Waals surface area (Å²) in [4.78, 5) is 30.1. The summed E-state index contributed by atoms with van der Waals surface area (Å²) in [6.45, 7) is 0. The SMILES string of the molecule is O=C(CSc1nc2ccccc2c(=O)n1-c1ccccc1Cl)Nc1cccc(F)c1. The lowest BCUT2D eigenvalue weighted by Gasteiger charge is -2.14. The predicted octanol–water partition coefficient (Wildman–Crippen LogP) is 4.91. The van der Waals surface area contributed by atoms with E-state index in [2.05, 4.69) is 10.3 Å². The summed E-state index contributed by atoms with van der Waals surface area (Å²) in [5.41, 5.74) is 1.09. The average molecular weight is 440 g/mol. The van der Waals surface area contributed by atoms with Crippen LogP contribution in [0.2, 0.25) is 5.02 Å². The van der Waals surface area contributed by atoms with Gasteiger partial charge in [-0.1, -0.05) is 53.7 Å². The zero-order valence-electron chi connectivity index (χ0n) is 15.5. The van der Waals surface area contributed by atoms with E-state index in [-0.39, 0.29) is 17.2 Å².